The summed E-state index contributed by atoms with van der Waals surface area (Å²) in [6, 6.07) is 16.0. The average Bonchev–Trinajstić information content (AvgIpc) is 3.44. The van der Waals surface area contributed by atoms with Crippen LogP contribution in [0, 0.1) is 5.82 Å². The molecule has 8 heteroatoms. The molecule has 1 amide bonds. The van der Waals surface area contributed by atoms with Crippen LogP contribution >= 0.6 is 11.8 Å². The van der Waals surface area contributed by atoms with Gasteiger partial charge in [-0.25, -0.2) is 4.39 Å². The van der Waals surface area contributed by atoms with E-state index in [0.29, 0.717) is 17.5 Å². The van der Waals surface area contributed by atoms with E-state index in [1.54, 1.807) is 12.1 Å². The molecule has 0 aliphatic carbocycles. The Bertz CT molecular complexity index is 1000. The number of halogens is 1. The van der Waals surface area contributed by atoms with Crippen LogP contribution in [0.3, 0.4) is 0 Å². The Morgan fingerprint density at radius 1 is 1.23 bits per heavy atom. The Morgan fingerprint density at radius 2 is 2.00 bits per heavy atom. The first kappa shape index (κ1) is 21.5. The third kappa shape index (κ3) is 5.51. The van der Waals surface area contributed by atoms with Gasteiger partial charge in [0.25, 0.3) is 0 Å². The predicted octanol–water partition coefficient (Wildman–Crippen LogP) is 4.23. The number of hydrogen-bond acceptors (Lipinski definition) is 5. The molecule has 0 bridgehead atoms. The quantitative estimate of drug-likeness (QED) is 0.531. The van der Waals surface area contributed by atoms with Gasteiger partial charge in [-0.1, -0.05) is 42.1 Å². The van der Waals surface area contributed by atoms with Crippen LogP contribution in [-0.2, 0) is 16.1 Å². The monoisotopic (exact) mass is 440 g/mol. The van der Waals surface area contributed by atoms with Crippen LogP contribution in [0.25, 0.3) is 11.4 Å². The van der Waals surface area contributed by atoms with E-state index in [1.165, 1.54) is 23.9 Å². The van der Waals surface area contributed by atoms with E-state index in [0.717, 1.165) is 30.6 Å². The maximum Gasteiger partial charge on any atom is 0.230 e. The lowest BCUT2D eigenvalue weighted by molar-refractivity contribution is -0.119. The van der Waals surface area contributed by atoms with Crippen molar-refractivity contribution in [3.05, 3.63) is 66.0 Å². The molecule has 1 fully saturated rings. The van der Waals surface area contributed by atoms with Gasteiger partial charge >= 0.3 is 0 Å². The van der Waals surface area contributed by atoms with E-state index in [2.05, 4.69) is 15.5 Å². The van der Waals surface area contributed by atoms with Crippen molar-refractivity contribution in [1.29, 1.82) is 0 Å². The second kappa shape index (κ2) is 10.1. The first-order valence-corrected chi connectivity index (χ1v) is 11.4. The summed E-state index contributed by atoms with van der Waals surface area (Å²) in [5.74, 6) is 0.504. The number of nitrogens with zero attached hydrogens (tertiary/aromatic N) is 3. The number of ether oxygens (including phenoxy) is 1. The maximum atomic E-state index is 13.4. The minimum atomic E-state index is -0.298. The van der Waals surface area contributed by atoms with Crippen LogP contribution in [0.15, 0.2) is 59.8 Å². The van der Waals surface area contributed by atoms with Gasteiger partial charge in [-0.15, -0.1) is 10.2 Å². The van der Waals surface area contributed by atoms with Crippen molar-refractivity contribution in [2.45, 2.75) is 43.6 Å². The SMILES string of the molecule is C[C@H](NC(=O)CSc1nnc(-c2ccc(F)cc2)n1C[C@H]1CCCO1)c1ccccc1. The highest BCUT2D eigenvalue weighted by Crippen LogP contribution is 2.27. The highest BCUT2D eigenvalue weighted by Gasteiger charge is 2.22. The number of carbonyl (C=O) groups excluding carboxylic acids is 1. The maximum absolute atomic E-state index is 13.4. The van der Waals surface area contributed by atoms with Crippen molar-refractivity contribution in [2.75, 3.05) is 12.4 Å². The topological polar surface area (TPSA) is 69.0 Å². The molecule has 0 spiro atoms. The third-order valence-corrected chi connectivity index (χ3v) is 6.21. The van der Waals surface area contributed by atoms with Gasteiger partial charge in [0.15, 0.2) is 11.0 Å². The van der Waals surface area contributed by atoms with Gasteiger partial charge in [-0.05, 0) is 49.6 Å². The number of benzene rings is 2. The van der Waals surface area contributed by atoms with Gasteiger partial charge in [0, 0.05) is 12.2 Å². The van der Waals surface area contributed by atoms with Gasteiger partial charge in [-0.2, -0.15) is 0 Å². The predicted molar refractivity (Wildman–Crippen MR) is 118 cm³/mol. The Morgan fingerprint density at radius 3 is 2.71 bits per heavy atom. The van der Waals surface area contributed by atoms with Crippen molar-refractivity contribution in [3.63, 3.8) is 0 Å². The summed E-state index contributed by atoms with van der Waals surface area (Å²) in [6.45, 7) is 3.31. The van der Waals surface area contributed by atoms with Crippen molar-refractivity contribution in [3.8, 4) is 11.4 Å². The Hall–Kier alpha value is -2.71. The molecule has 3 aromatic rings. The first-order chi connectivity index (χ1) is 15.1. The van der Waals surface area contributed by atoms with Gasteiger partial charge < -0.3 is 10.1 Å². The molecule has 1 aliphatic heterocycles. The lowest BCUT2D eigenvalue weighted by atomic mass is 10.1. The van der Waals surface area contributed by atoms with E-state index in [-0.39, 0.29) is 29.6 Å². The van der Waals surface area contributed by atoms with Gasteiger partial charge in [0.1, 0.15) is 5.82 Å². The molecule has 0 radical (unpaired) electrons. The summed E-state index contributed by atoms with van der Waals surface area (Å²) in [6.07, 6.45) is 2.09. The van der Waals surface area contributed by atoms with E-state index in [9.17, 15) is 9.18 Å². The standard InChI is InChI=1S/C23H25FN4O2S/c1-16(17-6-3-2-4-7-17)25-21(29)15-31-23-27-26-22(18-9-11-19(24)12-10-18)28(23)14-20-8-5-13-30-20/h2-4,6-7,9-12,16,20H,5,8,13-15H2,1H3,(H,25,29)/t16-,20+/m0/s1. The van der Waals surface area contributed by atoms with Crippen LogP contribution in [-0.4, -0.2) is 39.1 Å². The molecule has 4 rings (SSSR count). The molecular formula is C23H25FN4O2S. The number of carbonyl (C=O) groups is 1. The fourth-order valence-electron chi connectivity index (χ4n) is 3.60. The zero-order valence-corrected chi connectivity index (χ0v) is 18.1. The smallest absolute Gasteiger partial charge is 0.230 e. The van der Waals surface area contributed by atoms with E-state index >= 15 is 0 Å². The Balaban J connectivity index is 1.46. The number of nitrogens with one attached hydrogen (secondary N) is 1. The van der Waals surface area contributed by atoms with Gasteiger partial charge in [0.05, 0.1) is 24.4 Å². The van der Waals surface area contributed by atoms with E-state index < -0.39 is 0 Å². The summed E-state index contributed by atoms with van der Waals surface area (Å²) in [7, 11) is 0. The number of amides is 1. The lowest BCUT2D eigenvalue weighted by Crippen LogP contribution is -2.28. The summed E-state index contributed by atoms with van der Waals surface area (Å²) < 4.78 is 21.1. The largest absolute Gasteiger partial charge is 0.376 e. The number of rotatable bonds is 8. The number of thioether (sulfide) groups is 1. The van der Waals surface area contributed by atoms with Crippen LogP contribution in [0.5, 0.6) is 0 Å². The molecule has 0 saturated carbocycles. The molecule has 2 heterocycles. The molecule has 31 heavy (non-hydrogen) atoms. The fourth-order valence-corrected chi connectivity index (χ4v) is 4.36. The highest BCUT2D eigenvalue weighted by molar-refractivity contribution is 7.99. The van der Waals surface area contributed by atoms with Crippen LogP contribution in [0.2, 0.25) is 0 Å². The van der Waals surface area contributed by atoms with Crippen molar-refractivity contribution < 1.29 is 13.9 Å². The number of aromatic nitrogens is 3. The Kier molecular flexibility index (Phi) is 6.99. The van der Waals surface area contributed by atoms with Crippen LogP contribution in [0.4, 0.5) is 4.39 Å². The van der Waals surface area contributed by atoms with E-state index in [4.69, 9.17) is 4.74 Å². The third-order valence-electron chi connectivity index (χ3n) is 5.24. The lowest BCUT2D eigenvalue weighted by Gasteiger charge is -2.16. The highest BCUT2D eigenvalue weighted by atomic mass is 32.2. The minimum Gasteiger partial charge on any atom is -0.376 e. The molecule has 162 valence electrons. The second-order valence-corrected chi connectivity index (χ2v) is 8.49. The van der Waals surface area contributed by atoms with Crippen molar-refractivity contribution >= 4 is 17.7 Å². The van der Waals surface area contributed by atoms with Gasteiger partial charge in [-0.3, -0.25) is 9.36 Å². The second-order valence-electron chi connectivity index (χ2n) is 7.55. The minimum absolute atomic E-state index is 0.0728. The Labute approximate surface area is 185 Å². The molecule has 2 atom stereocenters. The van der Waals surface area contributed by atoms with Crippen LogP contribution in [0.1, 0.15) is 31.4 Å². The molecule has 6 nitrogen and oxygen atoms in total. The molecule has 1 aromatic heterocycles. The summed E-state index contributed by atoms with van der Waals surface area (Å²) in [4.78, 5) is 12.5. The van der Waals surface area contributed by atoms with Gasteiger partial charge in [0.2, 0.25) is 5.91 Å². The zero-order chi connectivity index (χ0) is 21.6. The summed E-state index contributed by atoms with van der Waals surface area (Å²) >= 11 is 1.34. The summed E-state index contributed by atoms with van der Waals surface area (Å²) in [5.41, 5.74) is 1.84. The molecule has 1 N–H and O–H groups in total. The first-order valence-electron chi connectivity index (χ1n) is 10.4. The van der Waals surface area contributed by atoms with E-state index in [1.807, 2.05) is 41.8 Å². The summed E-state index contributed by atoms with van der Waals surface area (Å²) in [5, 5.41) is 12.3. The fraction of sp³-hybridized carbons (Fsp3) is 0.348. The molecule has 0 unspecified atom stereocenters. The molecule has 2 aromatic carbocycles. The van der Waals surface area contributed by atoms with Crippen LogP contribution < -0.4 is 5.32 Å². The molecular weight excluding hydrogens is 415 g/mol. The molecule has 1 aliphatic rings. The average molecular weight is 441 g/mol. The zero-order valence-electron chi connectivity index (χ0n) is 17.3. The number of hydrogen-bond donors (Lipinski definition) is 1. The molecule has 1 saturated heterocycles. The van der Waals surface area contributed by atoms with Crippen molar-refractivity contribution in [1.82, 2.24) is 20.1 Å². The van der Waals surface area contributed by atoms with Crippen molar-refractivity contribution in [2.24, 2.45) is 0 Å². The normalized spacial score (nSPS) is 16.9.